The predicted octanol–water partition coefficient (Wildman–Crippen LogP) is 6.25. The van der Waals surface area contributed by atoms with Crippen LogP contribution >= 0.6 is 0 Å². The summed E-state index contributed by atoms with van der Waals surface area (Å²) in [4.78, 5) is 2.43. The van der Waals surface area contributed by atoms with Crippen LogP contribution in [0.3, 0.4) is 0 Å². The second-order valence-corrected chi connectivity index (χ2v) is 8.99. The molecule has 0 saturated carbocycles. The zero-order valence-corrected chi connectivity index (χ0v) is 16.6. The molecule has 0 aromatic carbocycles. The fourth-order valence-electron chi connectivity index (χ4n) is 2.77. The predicted molar refractivity (Wildman–Crippen MR) is 99.3 cm³/mol. The zero-order valence-electron chi connectivity index (χ0n) is 16.6. The number of unbranched alkanes of at least 4 members (excludes halogenated alkanes) is 7. The molecule has 0 N–H and O–H groups in total. The van der Waals surface area contributed by atoms with Gasteiger partial charge in [0.1, 0.15) is 0 Å². The van der Waals surface area contributed by atoms with Crippen molar-refractivity contribution in [2.24, 2.45) is 5.41 Å². The highest BCUT2D eigenvalue weighted by molar-refractivity contribution is 4.73. The van der Waals surface area contributed by atoms with E-state index in [1.165, 1.54) is 57.8 Å². The fraction of sp³-hybridized carbons (Fsp3) is 1.00. The van der Waals surface area contributed by atoms with Crippen LogP contribution in [0.15, 0.2) is 0 Å². The molecule has 22 heavy (non-hydrogen) atoms. The van der Waals surface area contributed by atoms with Crippen LogP contribution in [0, 0.1) is 5.41 Å². The first-order valence-corrected chi connectivity index (χ1v) is 9.41. The van der Waals surface area contributed by atoms with Crippen LogP contribution in [0.5, 0.6) is 0 Å². The lowest BCUT2D eigenvalue weighted by Gasteiger charge is -2.34. The third-order valence-electron chi connectivity index (χ3n) is 4.34. The Morgan fingerprint density at radius 3 is 1.55 bits per heavy atom. The Bertz CT molecular complexity index is 249. The van der Waals surface area contributed by atoms with Gasteiger partial charge in [0, 0.05) is 19.2 Å². The molecule has 0 amide bonds. The fourth-order valence-corrected chi connectivity index (χ4v) is 2.77. The molecule has 0 heterocycles. The minimum absolute atomic E-state index is 0.211. The molecule has 0 aliphatic heterocycles. The average molecular weight is 314 g/mol. The number of ether oxygens (including phenoxy) is 1. The van der Waals surface area contributed by atoms with Crippen LogP contribution in [0.2, 0.25) is 0 Å². The molecule has 0 bridgehead atoms. The first-order chi connectivity index (χ1) is 10.2. The van der Waals surface area contributed by atoms with Crippen LogP contribution in [-0.4, -0.2) is 30.8 Å². The molecule has 0 aromatic heterocycles. The molecule has 0 fully saturated rings. The highest BCUT2D eigenvalue weighted by atomic mass is 16.5. The van der Waals surface area contributed by atoms with Gasteiger partial charge in [-0.05, 0) is 39.0 Å². The van der Waals surface area contributed by atoms with E-state index in [-0.39, 0.29) is 5.54 Å². The highest BCUT2D eigenvalue weighted by Crippen LogP contribution is 2.22. The van der Waals surface area contributed by atoms with Gasteiger partial charge in [0.25, 0.3) is 0 Å². The van der Waals surface area contributed by atoms with Gasteiger partial charge in [-0.25, -0.2) is 0 Å². The monoisotopic (exact) mass is 313 g/mol. The normalized spacial score (nSPS) is 13.1. The van der Waals surface area contributed by atoms with Gasteiger partial charge in [0.2, 0.25) is 0 Å². The number of rotatable bonds is 12. The Morgan fingerprint density at radius 1 is 0.682 bits per heavy atom. The summed E-state index contributed by atoms with van der Waals surface area (Å²) in [5.74, 6) is 0. The maximum absolute atomic E-state index is 5.31. The summed E-state index contributed by atoms with van der Waals surface area (Å²) < 4.78 is 5.31. The quantitative estimate of drug-likeness (QED) is 0.312. The van der Waals surface area contributed by atoms with Crippen LogP contribution in [-0.2, 0) is 4.74 Å². The average Bonchev–Trinajstić information content (AvgIpc) is 2.37. The molecule has 0 saturated heterocycles. The van der Waals surface area contributed by atoms with Crippen molar-refractivity contribution >= 4 is 0 Å². The van der Waals surface area contributed by atoms with Crippen LogP contribution in [0.25, 0.3) is 0 Å². The van der Waals surface area contributed by atoms with Crippen molar-refractivity contribution in [2.75, 3.05) is 20.4 Å². The van der Waals surface area contributed by atoms with Crippen molar-refractivity contribution in [1.82, 2.24) is 4.90 Å². The summed E-state index contributed by atoms with van der Waals surface area (Å²) in [5, 5.41) is 0. The van der Waals surface area contributed by atoms with E-state index in [0.29, 0.717) is 5.41 Å². The van der Waals surface area contributed by atoms with E-state index in [4.69, 9.17) is 4.74 Å². The van der Waals surface area contributed by atoms with Gasteiger partial charge in [0.15, 0.2) is 0 Å². The lowest BCUT2D eigenvalue weighted by molar-refractivity contribution is 0.00434. The summed E-state index contributed by atoms with van der Waals surface area (Å²) >= 11 is 0. The second-order valence-electron chi connectivity index (χ2n) is 8.99. The van der Waals surface area contributed by atoms with E-state index in [9.17, 15) is 0 Å². The first-order valence-electron chi connectivity index (χ1n) is 9.41. The largest absolute Gasteiger partial charge is 0.369 e. The molecule has 134 valence electrons. The SMILES string of the molecule is COCN(CCCCCCCCCCC(C)(C)C)C(C)(C)C. The van der Waals surface area contributed by atoms with Crippen molar-refractivity contribution in [3.05, 3.63) is 0 Å². The minimum Gasteiger partial charge on any atom is -0.369 e. The van der Waals surface area contributed by atoms with Crippen LogP contribution < -0.4 is 0 Å². The molecule has 2 heteroatoms. The highest BCUT2D eigenvalue weighted by Gasteiger charge is 2.19. The lowest BCUT2D eigenvalue weighted by atomic mass is 9.89. The summed E-state index contributed by atoms with van der Waals surface area (Å²) in [6.45, 7) is 15.7. The third kappa shape index (κ3) is 13.6. The van der Waals surface area contributed by atoms with E-state index < -0.39 is 0 Å². The number of hydrogen-bond acceptors (Lipinski definition) is 2. The Hall–Kier alpha value is -0.0800. The Morgan fingerprint density at radius 2 is 1.14 bits per heavy atom. The van der Waals surface area contributed by atoms with E-state index in [0.717, 1.165) is 13.3 Å². The molecular formula is C20H43NO. The maximum atomic E-state index is 5.31. The maximum Gasteiger partial charge on any atom is 0.0990 e. The molecular weight excluding hydrogens is 270 g/mol. The topological polar surface area (TPSA) is 12.5 Å². The standard InChI is InChI=1S/C20H43NO/c1-19(2,3)16-14-12-10-8-9-11-13-15-17-21(18-22-7)20(4,5)6/h8-18H2,1-7H3. The molecule has 0 spiro atoms. The van der Waals surface area contributed by atoms with Crippen molar-refractivity contribution in [3.8, 4) is 0 Å². The Kier molecular flexibility index (Phi) is 11.4. The van der Waals surface area contributed by atoms with E-state index in [2.05, 4.69) is 46.4 Å². The van der Waals surface area contributed by atoms with E-state index in [1.807, 2.05) is 0 Å². The lowest BCUT2D eigenvalue weighted by Crippen LogP contribution is -2.43. The molecule has 0 atom stereocenters. The summed E-state index contributed by atoms with van der Waals surface area (Å²) in [7, 11) is 1.79. The van der Waals surface area contributed by atoms with E-state index >= 15 is 0 Å². The summed E-state index contributed by atoms with van der Waals surface area (Å²) in [5.41, 5.74) is 0.726. The van der Waals surface area contributed by atoms with Crippen molar-refractivity contribution in [1.29, 1.82) is 0 Å². The Balaban J connectivity index is 3.46. The molecule has 0 aromatic rings. The molecule has 0 radical (unpaired) electrons. The Labute approximate surface area is 141 Å². The minimum atomic E-state index is 0.211. The van der Waals surface area contributed by atoms with Gasteiger partial charge in [-0.1, -0.05) is 65.7 Å². The van der Waals surface area contributed by atoms with Crippen molar-refractivity contribution in [3.63, 3.8) is 0 Å². The number of hydrogen-bond donors (Lipinski definition) is 0. The molecule has 2 nitrogen and oxygen atoms in total. The molecule has 0 aliphatic rings. The second kappa shape index (κ2) is 11.5. The zero-order chi connectivity index (χ0) is 17.1. The number of methoxy groups -OCH3 is 1. The van der Waals surface area contributed by atoms with Crippen LogP contribution in [0.4, 0.5) is 0 Å². The molecule has 0 rings (SSSR count). The van der Waals surface area contributed by atoms with Gasteiger partial charge in [-0.15, -0.1) is 0 Å². The van der Waals surface area contributed by atoms with Gasteiger partial charge in [-0.3, -0.25) is 4.90 Å². The van der Waals surface area contributed by atoms with Gasteiger partial charge in [0.05, 0.1) is 6.73 Å². The van der Waals surface area contributed by atoms with Crippen LogP contribution in [0.1, 0.15) is 99.3 Å². The van der Waals surface area contributed by atoms with Gasteiger partial charge < -0.3 is 4.74 Å². The van der Waals surface area contributed by atoms with Gasteiger partial charge >= 0.3 is 0 Å². The van der Waals surface area contributed by atoms with Gasteiger partial charge in [-0.2, -0.15) is 0 Å². The van der Waals surface area contributed by atoms with Crippen molar-refractivity contribution < 1.29 is 4.74 Å². The first kappa shape index (κ1) is 21.9. The number of nitrogens with zero attached hydrogens (tertiary/aromatic N) is 1. The smallest absolute Gasteiger partial charge is 0.0990 e. The summed E-state index contributed by atoms with van der Waals surface area (Å²) in [6.07, 6.45) is 12.5. The third-order valence-corrected chi connectivity index (χ3v) is 4.34. The molecule has 0 unspecified atom stereocenters. The molecule has 0 aliphatic carbocycles. The van der Waals surface area contributed by atoms with Crippen molar-refractivity contribution in [2.45, 2.75) is 105 Å². The summed E-state index contributed by atoms with van der Waals surface area (Å²) in [6, 6.07) is 0. The van der Waals surface area contributed by atoms with E-state index in [1.54, 1.807) is 7.11 Å².